The molecule has 0 radical (unpaired) electrons. The summed E-state index contributed by atoms with van der Waals surface area (Å²) in [4.78, 5) is 0. The van der Waals surface area contributed by atoms with Crippen molar-refractivity contribution in [3.63, 3.8) is 0 Å². The fourth-order valence-electron chi connectivity index (χ4n) is 2.45. The fourth-order valence-corrected chi connectivity index (χ4v) is 2.45. The highest BCUT2D eigenvalue weighted by Gasteiger charge is 2.10. The Morgan fingerprint density at radius 3 is 2.38 bits per heavy atom. The molecular formula is C17H20N2O2. The highest BCUT2D eigenvalue weighted by atomic mass is 16.5. The lowest BCUT2D eigenvalue weighted by molar-refractivity contribution is 0.302. The summed E-state index contributed by atoms with van der Waals surface area (Å²) >= 11 is 0. The van der Waals surface area contributed by atoms with Crippen LogP contribution in [-0.2, 0) is 6.61 Å². The lowest BCUT2D eigenvalue weighted by Gasteiger charge is -2.14. The summed E-state index contributed by atoms with van der Waals surface area (Å²) in [6.45, 7) is 6.69. The molecule has 3 N–H and O–H groups in total. The predicted octanol–water partition coefficient (Wildman–Crippen LogP) is 3.29. The Morgan fingerprint density at radius 2 is 1.76 bits per heavy atom. The first kappa shape index (κ1) is 14.9. The first-order valence-corrected chi connectivity index (χ1v) is 6.79. The monoisotopic (exact) mass is 284 g/mol. The van der Waals surface area contributed by atoms with Crippen molar-refractivity contribution < 1.29 is 9.94 Å². The van der Waals surface area contributed by atoms with Gasteiger partial charge in [-0.3, -0.25) is 0 Å². The van der Waals surface area contributed by atoms with E-state index in [-0.39, 0.29) is 5.84 Å². The van der Waals surface area contributed by atoms with Gasteiger partial charge in [0.1, 0.15) is 12.4 Å². The van der Waals surface area contributed by atoms with E-state index in [0.717, 1.165) is 5.56 Å². The first-order valence-electron chi connectivity index (χ1n) is 6.79. The van der Waals surface area contributed by atoms with Gasteiger partial charge in [-0.2, -0.15) is 0 Å². The zero-order valence-electron chi connectivity index (χ0n) is 12.6. The van der Waals surface area contributed by atoms with Gasteiger partial charge < -0.3 is 15.7 Å². The lowest BCUT2D eigenvalue weighted by Crippen LogP contribution is -2.15. The van der Waals surface area contributed by atoms with Gasteiger partial charge in [0.15, 0.2) is 5.84 Å². The van der Waals surface area contributed by atoms with Crippen LogP contribution < -0.4 is 10.5 Å². The molecule has 0 aliphatic heterocycles. The average Bonchev–Trinajstić information content (AvgIpc) is 2.45. The zero-order valence-corrected chi connectivity index (χ0v) is 12.6. The molecule has 0 saturated carbocycles. The molecule has 0 heterocycles. The number of nitrogens with two attached hydrogens (primary N) is 1. The molecule has 2 aromatic carbocycles. The first-order chi connectivity index (χ1) is 10.0. The normalized spacial score (nSPS) is 11.5. The second kappa shape index (κ2) is 6.31. The van der Waals surface area contributed by atoms with Gasteiger partial charge in [0.25, 0.3) is 0 Å². The summed E-state index contributed by atoms with van der Waals surface area (Å²) < 4.78 is 5.88. The molecule has 0 aromatic heterocycles. The molecule has 4 heteroatoms. The number of aryl methyl sites for hydroxylation is 3. The van der Waals surface area contributed by atoms with Crippen molar-refractivity contribution in [2.45, 2.75) is 27.4 Å². The maximum atomic E-state index is 8.82. The summed E-state index contributed by atoms with van der Waals surface area (Å²) in [7, 11) is 0. The van der Waals surface area contributed by atoms with Crippen molar-refractivity contribution in [2.75, 3.05) is 0 Å². The summed E-state index contributed by atoms with van der Waals surface area (Å²) in [5.74, 6) is 0.648. The van der Waals surface area contributed by atoms with Crippen LogP contribution in [0.15, 0.2) is 41.6 Å². The van der Waals surface area contributed by atoms with E-state index in [4.69, 9.17) is 15.7 Å². The minimum Gasteiger partial charge on any atom is -0.488 e. The zero-order chi connectivity index (χ0) is 15.4. The molecule has 0 unspecified atom stereocenters. The lowest BCUT2D eigenvalue weighted by atomic mass is 10.0. The SMILES string of the molecule is Cc1cc(C)c(COc2ccccc2C(N)=NO)c(C)c1. The number of rotatable bonds is 4. The number of para-hydroxylation sites is 1. The molecule has 0 spiro atoms. The maximum absolute atomic E-state index is 8.82. The molecule has 4 nitrogen and oxygen atoms in total. The van der Waals surface area contributed by atoms with Crippen molar-refractivity contribution in [1.29, 1.82) is 0 Å². The minimum absolute atomic E-state index is 0.0444. The summed E-state index contributed by atoms with van der Waals surface area (Å²) in [5.41, 5.74) is 11.1. The number of nitrogens with zero attached hydrogens (tertiary/aromatic N) is 1. The molecular weight excluding hydrogens is 264 g/mol. The molecule has 0 atom stereocenters. The average molecular weight is 284 g/mol. The third kappa shape index (κ3) is 3.34. The highest BCUT2D eigenvalue weighted by molar-refractivity contribution is 5.99. The minimum atomic E-state index is 0.0444. The van der Waals surface area contributed by atoms with Crippen LogP contribution in [0.1, 0.15) is 27.8 Å². The Balaban J connectivity index is 2.26. The highest BCUT2D eigenvalue weighted by Crippen LogP contribution is 2.22. The summed E-state index contributed by atoms with van der Waals surface area (Å²) in [6, 6.07) is 11.5. The molecule has 0 aliphatic rings. The van der Waals surface area contributed by atoms with Gasteiger partial charge in [-0.25, -0.2) is 0 Å². The molecule has 2 rings (SSSR count). The molecule has 21 heavy (non-hydrogen) atoms. The van der Waals surface area contributed by atoms with Gasteiger partial charge in [-0.1, -0.05) is 35.0 Å². The van der Waals surface area contributed by atoms with Crippen LogP contribution in [-0.4, -0.2) is 11.0 Å². The molecule has 110 valence electrons. The van der Waals surface area contributed by atoms with Crippen LogP contribution in [0.3, 0.4) is 0 Å². The number of oxime groups is 1. The quantitative estimate of drug-likeness (QED) is 0.392. The standard InChI is InChI=1S/C17H20N2O2/c1-11-8-12(2)15(13(3)9-11)10-21-16-7-5-4-6-14(16)17(18)19-20/h4-9,20H,10H2,1-3H3,(H2,18,19). The third-order valence-corrected chi connectivity index (χ3v) is 3.48. The van der Waals surface area contributed by atoms with E-state index in [1.54, 1.807) is 6.07 Å². The fraction of sp³-hybridized carbons (Fsp3) is 0.235. The Hall–Kier alpha value is -2.49. The Bertz CT molecular complexity index is 655. The van der Waals surface area contributed by atoms with E-state index >= 15 is 0 Å². The Labute approximate surface area is 124 Å². The number of hydrogen-bond donors (Lipinski definition) is 2. The molecule has 0 amide bonds. The molecule has 2 aromatic rings. The second-order valence-corrected chi connectivity index (χ2v) is 5.15. The predicted molar refractivity (Wildman–Crippen MR) is 83.9 cm³/mol. The van der Waals surface area contributed by atoms with Crippen molar-refractivity contribution in [3.8, 4) is 5.75 Å². The van der Waals surface area contributed by atoms with Crippen LogP contribution in [0.5, 0.6) is 5.75 Å². The van der Waals surface area contributed by atoms with E-state index in [1.807, 2.05) is 18.2 Å². The van der Waals surface area contributed by atoms with Gasteiger partial charge in [0.2, 0.25) is 0 Å². The van der Waals surface area contributed by atoms with Gasteiger partial charge in [-0.15, -0.1) is 0 Å². The largest absolute Gasteiger partial charge is 0.488 e. The Kier molecular flexibility index (Phi) is 4.48. The van der Waals surface area contributed by atoms with Crippen molar-refractivity contribution in [3.05, 3.63) is 64.2 Å². The van der Waals surface area contributed by atoms with E-state index < -0.39 is 0 Å². The smallest absolute Gasteiger partial charge is 0.173 e. The van der Waals surface area contributed by atoms with Crippen molar-refractivity contribution >= 4 is 5.84 Å². The van der Waals surface area contributed by atoms with Gasteiger partial charge >= 0.3 is 0 Å². The number of amidine groups is 1. The maximum Gasteiger partial charge on any atom is 0.173 e. The van der Waals surface area contributed by atoms with Crippen LogP contribution in [0.2, 0.25) is 0 Å². The van der Waals surface area contributed by atoms with E-state index in [9.17, 15) is 0 Å². The molecule has 0 aliphatic carbocycles. The Morgan fingerprint density at radius 1 is 1.14 bits per heavy atom. The van der Waals surface area contributed by atoms with Crippen molar-refractivity contribution in [2.24, 2.45) is 10.9 Å². The van der Waals surface area contributed by atoms with Gasteiger partial charge in [0.05, 0.1) is 5.56 Å². The second-order valence-electron chi connectivity index (χ2n) is 5.15. The third-order valence-electron chi connectivity index (χ3n) is 3.48. The topological polar surface area (TPSA) is 67.8 Å². The molecule has 0 saturated heterocycles. The van der Waals surface area contributed by atoms with E-state index in [0.29, 0.717) is 17.9 Å². The van der Waals surface area contributed by atoms with Crippen molar-refractivity contribution in [1.82, 2.24) is 0 Å². The molecule has 0 bridgehead atoms. The van der Waals surface area contributed by atoms with E-state index in [1.165, 1.54) is 16.7 Å². The van der Waals surface area contributed by atoms with Crippen LogP contribution in [0.4, 0.5) is 0 Å². The van der Waals surface area contributed by atoms with Gasteiger partial charge in [-0.05, 0) is 49.6 Å². The van der Waals surface area contributed by atoms with Crippen LogP contribution in [0.25, 0.3) is 0 Å². The summed E-state index contributed by atoms with van der Waals surface area (Å²) in [6.07, 6.45) is 0. The van der Waals surface area contributed by atoms with Gasteiger partial charge in [0, 0.05) is 0 Å². The number of benzene rings is 2. The molecule has 0 fully saturated rings. The number of ether oxygens (including phenoxy) is 1. The summed E-state index contributed by atoms with van der Waals surface area (Å²) in [5, 5.41) is 11.9. The van der Waals surface area contributed by atoms with Crippen LogP contribution in [0, 0.1) is 20.8 Å². The number of hydrogen-bond acceptors (Lipinski definition) is 3. The van der Waals surface area contributed by atoms with Crippen LogP contribution >= 0.6 is 0 Å². The van der Waals surface area contributed by atoms with E-state index in [2.05, 4.69) is 38.1 Å².